The molecule has 4 nitrogen and oxygen atoms in total. The van der Waals surface area contributed by atoms with Crippen LogP contribution in [0.25, 0.3) is 0 Å². The van der Waals surface area contributed by atoms with Crippen molar-refractivity contribution in [2.75, 3.05) is 0 Å². The minimum absolute atomic E-state index is 0.292. The van der Waals surface area contributed by atoms with Crippen molar-refractivity contribution in [3.63, 3.8) is 0 Å². The van der Waals surface area contributed by atoms with E-state index < -0.39 is 5.79 Å². The highest BCUT2D eigenvalue weighted by Gasteiger charge is 2.30. The third-order valence-corrected chi connectivity index (χ3v) is 3.21. The molecule has 0 bridgehead atoms. The van der Waals surface area contributed by atoms with Gasteiger partial charge in [-0.2, -0.15) is 0 Å². The summed E-state index contributed by atoms with van der Waals surface area (Å²) in [5, 5.41) is 0. The number of hydrogen-bond acceptors (Lipinski definition) is 4. The molecule has 118 valence electrons. The van der Waals surface area contributed by atoms with E-state index in [1.165, 1.54) is 0 Å². The molecule has 1 unspecified atom stereocenters. The molecule has 0 spiro atoms. The lowest BCUT2D eigenvalue weighted by Crippen LogP contribution is -2.36. The summed E-state index contributed by atoms with van der Waals surface area (Å²) in [5.41, 5.74) is 0. The Morgan fingerprint density at radius 3 is 2.00 bits per heavy atom. The normalized spacial score (nSPS) is 13.9. The molecule has 0 aliphatic rings. The van der Waals surface area contributed by atoms with Crippen molar-refractivity contribution in [3.8, 4) is 0 Å². The van der Waals surface area contributed by atoms with Crippen LogP contribution in [0.1, 0.15) is 79.6 Å². The molecule has 0 aromatic rings. The third-order valence-electron chi connectivity index (χ3n) is 3.21. The first kappa shape index (κ1) is 18.9. The molecule has 0 saturated carbocycles. The lowest BCUT2D eigenvalue weighted by atomic mass is 10.1. The molecule has 1 atom stereocenters. The molecule has 0 amide bonds. The number of carbonyl (C=O) groups excluding carboxylic acids is 2. The molecule has 0 heterocycles. The quantitative estimate of drug-likeness (QED) is 0.343. The summed E-state index contributed by atoms with van der Waals surface area (Å²) in [6.07, 6.45) is 4.86. The fourth-order valence-electron chi connectivity index (χ4n) is 1.67. The fourth-order valence-corrected chi connectivity index (χ4v) is 1.67. The number of rotatable bonds is 10. The molecule has 0 aliphatic heterocycles. The van der Waals surface area contributed by atoms with Crippen LogP contribution in [0.15, 0.2) is 0 Å². The summed E-state index contributed by atoms with van der Waals surface area (Å²) < 4.78 is 10.7. The van der Waals surface area contributed by atoms with Gasteiger partial charge in [-0.05, 0) is 18.8 Å². The highest BCUT2D eigenvalue weighted by Crippen LogP contribution is 2.20. The Kier molecular flexibility index (Phi) is 9.26. The second-order valence-corrected chi connectivity index (χ2v) is 5.83. The average Bonchev–Trinajstić information content (AvgIpc) is 2.36. The van der Waals surface area contributed by atoms with E-state index in [9.17, 15) is 9.59 Å². The predicted octanol–water partition coefficient (Wildman–Crippen LogP) is 4.22. The van der Waals surface area contributed by atoms with E-state index in [1.54, 1.807) is 6.92 Å². The summed E-state index contributed by atoms with van der Waals surface area (Å²) >= 11 is 0. The van der Waals surface area contributed by atoms with Crippen LogP contribution in [0.2, 0.25) is 0 Å². The molecule has 0 N–H and O–H groups in total. The van der Waals surface area contributed by atoms with Crippen molar-refractivity contribution in [3.05, 3.63) is 0 Å². The summed E-state index contributed by atoms with van der Waals surface area (Å²) in [6.45, 7) is 9.69. The molecule has 0 aromatic heterocycles. The Hall–Kier alpha value is -1.06. The molecule has 20 heavy (non-hydrogen) atoms. The first-order chi connectivity index (χ1) is 9.33. The summed E-state index contributed by atoms with van der Waals surface area (Å²) in [7, 11) is 0. The van der Waals surface area contributed by atoms with E-state index in [2.05, 4.69) is 20.8 Å². The highest BCUT2D eigenvalue weighted by atomic mass is 16.7. The van der Waals surface area contributed by atoms with Crippen LogP contribution in [0.3, 0.4) is 0 Å². The van der Waals surface area contributed by atoms with Gasteiger partial charge in [-0.15, -0.1) is 0 Å². The monoisotopic (exact) mass is 286 g/mol. The van der Waals surface area contributed by atoms with Crippen LogP contribution in [0.4, 0.5) is 0 Å². The van der Waals surface area contributed by atoms with Gasteiger partial charge in [0.2, 0.25) is 0 Å². The lowest BCUT2D eigenvalue weighted by Gasteiger charge is -2.28. The third kappa shape index (κ3) is 8.94. The van der Waals surface area contributed by atoms with E-state index in [0.29, 0.717) is 25.2 Å². The van der Waals surface area contributed by atoms with Gasteiger partial charge in [0.15, 0.2) is 0 Å². The second kappa shape index (κ2) is 9.78. The summed E-state index contributed by atoms with van der Waals surface area (Å²) in [6, 6.07) is 0. The number of unbranched alkanes of at least 4 members (excludes halogenated alkanes) is 2. The van der Waals surface area contributed by atoms with Gasteiger partial charge in [-0.3, -0.25) is 9.59 Å². The lowest BCUT2D eigenvalue weighted by molar-refractivity contribution is -0.223. The predicted molar refractivity (Wildman–Crippen MR) is 79.1 cm³/mol. The van der Waals surface area contributed by atoms with Crippen molar-refractivity contribution in [1.82, 2.24) is 0 Å². The number of esters is 2. The largest absolute Gasteiger partial charge is 0.423 e. The van der Waals surface area contributed by atoms with Crippen LogP contribution in [-0.2, 0) is 19.1 Å². The van der Waals surface area contributed by atoms with E-state index >= 15 is 0 Å². The maximum Gasteiger partial charge on any atom is 0.309 e. The zero-order valence-electron chi connectivity index (χ0n) is 13.7. The molecule has 0 saturated heterocycles. The van der Waals surface area contributed by atoms with Crippen molar-refractivity contribution < 1.29 is 19.1 Å². The number of hydrogen-bond donors (Lipinski definition) is 0. The Morgan fingerprint density at radius 2 is 1.55 bits per heavy atom. The summed E-state index contributed by atoms with van der Waals surface area (Å²) in [4.78, 5) is 23.5. The van der Waals surface area contributed by atoms with Gasteiger partial charge < -0.3 is 9.47 Å². The topological polar surface area (TPSA) is 52.6 Å². The van der Waals surface area contributed by atoms with Gasteiger partial charge in [-0.1, -0.05) is 40.5 Å². The van der Waals surface area contributed by atoms with E-state index in [0.717, 1.165) is 25.7 Å². The smallest absolute Gasteiger partial charge is 0.309 e. The Morgan fingerprint density at radius 1 is 1.00 bits per heavy atom. The van der Waals surface area contributed by atoms with Crippen molar-refractivity contribution in [1.29, 1.82) is 0 Å². The van der Waals surface area contributed by atoms with Crippen LogP contribution in [0, 0.1) is 5.92 Å². The van der Waals surface area contributed by atoms with Crippen molar-refractivity contribution in [2.45, 2.75) is 85.4 Å². The van der Waals surface area contributed by atoms with Crippen LogP contribution in [0.5, 0.6) is 0 Å². The zero-order valence-corrected chi connectivity index (χ0v) is 13.7. The maximum atomic E-state index is 11.8. The van der Waals surface area contributed by atoms with Gasteiger partial charge in [0, 0.05) is 26.2 Å². The van der Waals surface area contributed by atoms with E-state index in [1.807, 2.05) is 6.92 Å². The van der Waals surface area contributed by atoms with Gasteiger partial charge >= 0.3 is 11.9 Å². The summed E-state index contributed by atoms with van der Waals surface area (Å²) in [5.74, 6) is -1.27. The van der Waals surface area contributed by atoms with Crippen LogP contribution < -0.4 is 0 Å². The standard InChI is InChI=1S/C16H30O4/c1-6-8-9-10-14(17)19-16(5,7-2)20-15(18)12-11-13(3)4/h13H,6-12H2,1-5H3. The molecule has 0 rings (SSSR count). The molecular weight excluding hydrogens is 256 g/mol. The average molecular weight is 286 g/mol. The Labute approximate surface area is 123 Å². The van der Waals surface area contributed by atoms with Crippen LogP contribution >= 0.6 is 0 Å². The molecule has 0 radical (unpaired) electrons. The van der Waals surface area contributed by atoms with E-state index in [4.69, 9.17) is 9.47 Å². The SMILES string of the molecule is CCCCCC(=O)OC(C)(CC)OC(=O)CCC(C)C. The first-order valence-electron chi connectivity index (χ1n) is 7.76. The van der Waals surface area contributed by atoms with Crippen molar-refractivity contribution >= 4 is 11.9 Å². The molecule has 0 fully saturated rings. The second-order valence-electron chi connectivity index (χ2n) is 5.83. The number of ether oxygens (including phenoxy) is 2. The maximum absolute atomic E-state index is 11.8. The van der Waals surface area contributed by atoms with Gasteiger partial charge in [-0.25, -0.2) is 0 Å². The minimum Gasteiger partial charge on any atom is -0.423 e. The zero-order chi connectivity index (χ0) is 15.6. The fraction of sp³-hybridized carbons (Fsp3) is 0.875. The first-order valence-corrected chi connectivity index (χ1v) is 7.76. The number of carbonyl (C=O) groups is 2. The van der Waals surface area contributed by atoms with Gasteiger partial charge in [0.1, 0.15) is 0 Å². The molecular formula is C16H30O4. The minimum atomic E-state index is -1.13. The van der Waals surface area contributed by atoms with Gasteiger partial charge in [0.25, 0.3) is 5.79 Å². The Bertz CT molecular complexity index is 299. The highest BCUT2D eigenvalue weighted by molar-refractivity contribution is 5.72. The Balaban J connectivity index is 4.24. The van der Waals surface area contributed by atoms with Gasteiger partial charge in [0.05, 0.1) is 0 Å². The molecule has 0 aromatic carbocycles. The van der Waals surface area contributed by atoms with Crippen molar-refractivity contribution in [2.24, 2.45) is 5.92 Å². The van der Waals surface area contributed by atoms with E-state index in [-0.39, 0.29) is 11.9 Å². The molecule has 4 heteroatoms. The molecule has 0 aliphatic carbocycles. The van der Waals surface area contributed by atoms with Crippen LogP contribution in [-0.4, -0.2) is 17.7 Å².